The zero-order valence-corrected chi connectivity index (χ0v) is 11.5. The maximum atomic E-state index is 11.1. The third-order valence-electron chi connectivity index (χ3n) is 2.54. The minimum atomic E-state index is -0.304. The molecule has 0 amide bonds. The molecule has 0 aromatic heterocycles. The van der Waals surface area contributed by atoms with Gasteiger partial charge in [0.15, 0.2) is 0 Å². The molecule has 1 aromatic carbocycles. The molecule has 0 atom stereocenters. The smallest absolute Gasteiger partial charge is 0.330 e. The maximum absolute atomic E-state index is 11.1. The van der Waals surface area contributed by atoms with Crippen LogP contribution in [0.25, 0.3) is 5.57 Å². The number of carbonyl (C=O) groups excluding carboxylic acids is 1. The molecule has 2 nitrogen and oxygen atoms in total. The highest BCUT2D eigenvalue weighted by atomic mass is 16.5. The number of ether oxygens (including phenoxy) is 1. The minimum Gasteiger partial charge on any atom is -0.463 e. The fourth-order valence-corrected chi connectivity index (χ4v) is 1.76. The summed E-state index contributed by atoms with van der Waals surface area (Å²) < 4.78 is 4.81. The number of hydrogen-bond acceptors (Lipinski definition) is 2. The van der Waals surface area contributed by atoms with Crippen molar-refractivity contribution in [2.24, 2.45) is 0 Å². The van der Waals surface area contributed by atoms with Gasteiger partial charge in [0.1, 0.15) is 0 Å². The number of hydrogen-bond donors (Lipinski definition) is 0. The summed E-state index contributed by atoms with van der Waals surface area (Å²) >= 11 is 0. The van der Waals surface area contributed by atoms with Crippen molar-refractivity contribution in [3.63, 3.8) is 0 Å². The average molecular weight is 244 g/mol. The van der Waals surface area contributed by atoms with Crippen molar-refractivity contribution < 1.29 is 9.53 Å². The molecule has 0 unspecified atom stereocenters. The maximum Gasteiger partial charge on any atom is 0.330 e. The van der Waals surface area contributed by atoms with Gasteiger partial charge in [-0.3, -0.25) is 0 Å². The molecule has 0 spiro atoms. The molecule has 0 aliphatic rings. The summed E-state index contributed by atoms with van der Waals surface area (Å²) in [4.78, 5) is 11.1. The first-order valence-electron chi connectivity index (χ1n) is 6.13. The molecule has 1 aromatic rings. The second-order valence-electron chi connectivity index (χ2n) is 4.34. The van der Waals surface area contributed by atoms with Crippen LogP contribution in [0.2, 0.25) is 0 Å². The van der Waals surface area contributed by atoms with Gasteiger partial charge in [-0.05, 0) is 38.8 Å². The van der Waals surface area contributed by atoms with Gasteiger partial charge in [-0.1, -0.05) is 41.5 Å². The van der Waals surface area contributed by atoms with Crippen molar-refractivity contribution in [3.8, 4) is 0 Å². The number of esters is 1. The molecule has 0 saturated heterocycles. The van der Waals surface area contributed by atoms with Crippen molar-refractivity contribution >= 4 is 11.5 Å². The molecule has 18 heavy (non-hydrogen) atoms. The predicted octanol–water partition coefficient (Wildman–Crippen LogP) is 3.83. The Bertz CT molecular complexity index is 462. The summed E-state index contributed by atoms with van der Waals surface area (Å²) in [5.41, 5.74) is 4.79. The normalized spacial score (nSPS) is 11.9. The van der Waals surface area contributed by atoms with Crippen LogP contribution in [-0.4, -0.2) is 12.6 Å². The largest absolute Gasteiger partial charge is 0.463 e. The Morgan fingerprint density at radius 2 is 1.83 bits per heavy atom. The average Bonchev–Trinajstić information content (AvgIpc) is 2.27. The van der Waals surface area contributed by atoms with Gasteiger partial charge in [0, 0.05) is 6.08 Å². The van der Waals surface area contributed by atoms with E-state index in [1.807, 2.05) is 13.0 Å². The lowest BCUT2D eigenvalue weighted by molar-refractivity contribution is -0.137. The number of benzene rings is 1. The second kappa shape index (κ2) is 6.80. The Kier molecular flexibility index (Phi) is 5.37. The molecule has 1 rings (SSSR count). The van der Waals surface area contributed by atoms with Crippen LogP contribution in [-0.2, 0) is 9.53 Å². The van der Waals surface area contributed by atoms with E-state index in [-0.39, 0.29) is 5.97 Å². The molecule has 0 heterocycles. The molecule has 0 saturated carbocycles. The van der Waals surface area contributed by atoms with Crippen molar-refractivity contribution in [3.05, 3.63) is 53.1 Å². The van der Waals surface area contributed by atoms with Gasteiger partial charge in [0.2, 0.25) is 0 Å². The molecule has 0 N–H and O–H groups in total. The third-order valence-corrected chi connectivity index (χ3v) is 2.54. The number of rotatable bonds is 4. The lowest BCUT2D eigenvalue weighted by Crippen LogP contribution is -1.98. The Morgan fingerprint density at radius 1 is 1.22 bits per heavy atom. The summed E-state index contributed by atoms with van der Waals surface area (Å²) in [5.74, 6) is -0.304. The Labute approximate surface area is 109 Å². The summed E-state index contributed by atoms with van der Waals surface area (Å²) in [6.45, 7) is 8.39. The molecule has 0 radical (unpaired) electrons. The molecule has 0 fully saturated rings. The van der Waals surface area contributed by atoms with E-state index in [1.54, 1.807) is 13.0 Å². The number of aryl methyl sites for hydroxylation is 2. The first-order valence-corrected chi connectivity index (χ1v) is 6.13. The summed E-state index contributed by atoms with van der Waals surface area (Å²) in [5, 5.41) is 0. The van der Waals surface area contributed by atoms with Gasteiger partial charge in [-0.2, -0.15) is 0 Å². The van der Waals surface area contributed by atoms with E-state index in [0.717, 1.165) is 5.57 Å². The van der Waals surface area contributed by atoms with Crippen LogP contribution in [0.15, 0.2) is 36.4 Å². The summed E-state index contributed by atoms with van der Waals surface area (Å²) in [6, 6.07) is 6.42. The lowest BCUT2D eigenvalue weighted by Gasteiger charge is -2.04. The molecule has 0 aliphatic heterocycles. The van der Waals surface area contributed by atoms with Gasteiger partial charge in [-0.15, -0.1) is 0 Å². The van der Waals surface area contributed by atoms with Gasteiger partial charge in [0.25, 0.3) is 0 Å². The van der Waals surface area contributed by atoms with Crippen molar-refractivity contribution in [2.75, 3.05) is 6.61 Å². The second-order valence-corrected chi connectivity index (χ2v) is 4.34. The van der Waals surface area contributed by atoms with Crippen LogP contribution in [0.3, 0.4) is 0 Å². The van der Waals surface area contributed by atoms with E-state index >= 15 is 0 Å². The number of carbonyl (C=O) groups is 1. The van der Waals surface area contributed by atoms with E-state index < -0.39 is 0 Å². The van der Waals surface area contributed by atoms with E-state index in [2.05, 4.69) is 32.0 Å². The highest BCUT2D eigenvalue weighted by molar-refractivity contribution is 5.82. The molecular formula is C16H20O2. The van der Waals surface area contributed by atoms with E-state index in [0.29, 0.717) is 6.61 Å². The van der Waals surface area contributed by atoms with Gasteiger partial charge < -0.3 is 4.74 Å². The van der Waals surface area contributed by atoms with Gasteiger partial charge in [0.05, 0.1) is 6.61 Å². The Hall–Kier alpha value is -1.83. The van der Waals surface area contributed by atoms with Gasteiger partial charge >= 0.3 is 5.97 Å². The van der Waals surface area contributed by atoms with Crippen LogP contribution in [0, 0.1) is 13.8 Å². The van der Waals surface area contributed by atoms with Crippen LogP contribution in [0.5, 0.6) is 0 Å². The SMILES string of the molecule is CCOC(=O)C=CC=C(C)c1cc(C)cc(C)c1. The topological polar surface area (TPSA) is 26.3 Å². The van der Waals surface area contributed by atoms with E-state index in [9.17, 15) is 4.79 Å². The molecule has 96 valence electrons. The summed E-state index contributed by atoms with van der Waals surface area (Å²) in [6.07, 6.45) is 5.09. The lowest BCUT2D eigenvalue weighted by atomic mass is 10.0. The fourth-order valence-electron chi connectivity index (χ4n) is 1.76. The first-order chi connectivity index (χ1) is 8.52. The Morgan fingerprint density at radius 3 is 2.39 bits per heavy atom. The first kappa shape index (κ1) is 14.2. The monoisotopic (exact) mass is 244 g/mol. The molecule has 2 heteroatoms. The zero-order chi connectivity index (χ0) is 13.5. The molecule has 0 bridgehead atoms. The number of allylic oxidation sites excluding steroid dienone is 3. The van der Waals surface area contributed by atoms with Crippen LogP contribution in [0.1, 0.15) is 30.5 Å². The quantitative estimate of drug-likeness (QED) is 0.457. The standard InChI is InChI=1S/C16H20O2/c1-5-18-16(17)8-6-7-14(4)15-10-12(2)9-13(3)11-15/h6-11H,5H2,1-4H3. The highest BCUT2D eigenvalue weighted by Crippen LogP contribution is 2.17. The van der Waals surface area contributed by atoms with Gasteiger partial charge in [-0.25, -0.2) is 4.79 Å². The predicted molar refractivity (Wildman–Crippen MR) is 75.3 cm³/mol. The zero-order valence-electron chi connectivity index (χ0n) is 11.5. The fraction of sp³-hybridized carbons (Fsp3) is 0.312. The van der Waals surface area contributed by atoms with E-state index in [4.69, 9.17) is 4.74 Å². The van der Waals surface area contributed by atoms with Crippen molar-refractivity contribution in [2.45, 2.75) is 27.7 Å². The van der Waals surface area contributed by atoms with Crippen molar-refractivity contribution in [1.82, 2.24) is 0 Å². The minimum absolute atomic E-state index is 0.304. The molecule has 0 aliphatic carbocycles. The van der Waals surface area contributed by atoms with Crippen LogP contribution >= 0.6 is 0 Å². The molecular weight excluding hydrogens is 224 g/mol. The van der Waals surface area contributed by atoms with E-state index in [1.165, 1.54) is 22.8 Å². The van der Waals surface area contributed by atoms with Crippen LogP contribution in [0.4, 0.5) is 0 Å². The van der Waals surface area contributed by atoms with Crippen LogP contribution < -0.4 is 0 Å². The third kappa shape index (κ3) is 4.58. The highest BCUT2D eigenvalue weighted by Gasteiger charge is 1.97. The summed E-state index contributed by atoms with van der Waals surface area (Å²) in [7, 11) is 0. The van der Waals surface area contributed by atoms with Crippen molar-refractivity contribution in [1.29, 1.82) is 0 Å². The Balaban J connectivity index is 2.80.